The fourth-order valence-corrected chi connectivity index (χ4v) is 4.77. The molecule has 2 aliphatic rings. The number of nitriles is 1. The van der Waals surface area contributed by atoms with Crippen molar-refractivity contribution in [2.24, 2.45) is 5.92 Å². The van der Waals surface area contributed by atoms with Gasteiger partial charge in [-0.2, -0.15) is 10.4 Å². The number of aromatic amines is 1. The Balaban J connectivity index is 1.57. The number of aromatic nitrogens is 3. The van der Waals surface area contributed by atoms with Crippen LogP contribution in [0.25, 0.3) is 10.9 Å². The van der Waals surface area contributed by atoms with E-state index in [0.29, 0.717) is 11.2 Å². The molecule has 0 amide bonds. The van der Waals surface area contributed by atoms with E-state index in [2.05, 4.69) is 40.5 Å². The summed E-state index contributed by atoms with van der Waals surface area (Å²) in [5.41, 5.74) is 4.18. The Morgan fingerprint density at radius 1 is 1.21 bits per heavy atom. The monoisotopic (exact) mass is 388 g/mol. The molecule has 2 unspecified atom stereocenters. The molecule has 0 saturated heterocycles. The minimum absolute atomic E-state index is 0.00210. The number of H-pyrrole nitrogens is 1. The second kappa shape index (κ2) is 7.05. The maximum absolute atomic E-state index is 12.6. The summed E-state index contributed by atoms with van der Waals surface area (Å²) in [5.74, 6) is 0.477. The lowest BCUT2D eigenvalue weighted by atomic mass is 9.85. The molecular formula is C22H24N6O. The van der Waals surface area contributed by atoms with Crippen LogP contribution in [0.2, 0.25) is 0 Å². The second-order valence-corrected chi connectivity index (χ2v) is 8.23. The van der Waals surface area contributed by atoms with Gasteiger partial charge in [-0.25, -0.2) is 0 Å². The zero-order chi connectivity index (χ0) is 20.0. The molecule has 0 spiro atoms. The molecule has 2 N–H and O–H groups in total. The Morgan fingerprint density at radius 2 is 2.03 bits per heavy atom. The summed E-state index contributed by atoms with van der Waals surface area (Å²) in [4.78, 5) is 17.7. The quantitative estimate of drug-likeness (QED) is 0.715. The Morgan fingerprint density at radius 3 is 2.90 bits per heavy atom. The normalized spacial score (nSPS) is 21.8. The van der Waals surface area contributed by atoms with Crippen LogP contribution in [0.4, 0.5) is 11.5 Å². The average molecular weight is 388 g/mol. The van der Waals surface area contributed by atoms with Crippen LogP contribution in [0.15, 0.2) is 35.3 Å². The van der Waals surface area contributed by atoms with Crippen molar-refractivity contribution in [3.8, 4) is 6.07 Å². The first-order chi connectivity index (χ1) is 14.1. The van der Waals surface area contributed by atoms with E-state index in [0.717, 1.165) is 50.0 Å². The van der Waals surface area contributed by atoms with E-state index in [1.54, 1.807) is 6.20 Å². The van der Waals surface area contributed by atoms with Crippen LogP contribution in [0, 0.1) is 17.2 Å². The minimum Gasteiger partial charge on any atom is -0.338 e. The second-order valence-electron chi connectivity index (χ2n) is 8.23. The van der Waals surface area contributed by atoms with Gasteiger partial charge in [0.05, 0.1) is 23.5 Å². The van der Waals surface area contributed by atoms with Crippen molar-refractivity contribution in [2.75, 3.05) is 12.4 Å². The van der Waals surface area contributed by atoms with Gasteiger partial charge in [-0.05, 0) is 49.2 Å². The van der Waals surface area contributed by atoms with Crippen molar-refractivity contribution in [2.45, 2.75) is 44.8 Å². The highest BCUT2D eigenvalue weighted by molar-refractivity contribution is 5.91. The minimum atomic E-state index is -0.165. The van der Waals surface area contributed by atoms with Crippen LogP contribution in [0.3, 0.4) is 0 Å². The molecule has 1 fully saturated rings. The standard InChI is InChI=1S/C22H24N6O/c1-27-12-15-6-7-17(10-16(15)13-27)25-21-20-19(8-9-24-22(20)29)28(26-21)18-5-3-2-4-14(18)11-23/h6-10,14,18H,2-5,12-13H2,1H3,(H,24,29)(H,25,26). The maximum Gasteiger partial charge on any atom is 0.261 e. The van der Waals surface area contributed by atoms with Gasteiger partial charge < -0.3 is 10.3 Å². The summed E-state index contributed by atoms with van der Waals surface area (Å²) in [6.45, 7) is 1.89. The lowest BCUT2D eigenvalue weighted by Crippen LogP contribution is -2.23. The van der Waals surface area contributed by atoms with Crippen molar-refractivity contribution in [3.05, 3.63) is 51.9 Å². The van der Waals surface area contributed by atoms with Crippen molar-refractivity contribution < 1.29 is 0 Å². The number of hydrogen-bond donors (Lipinski definition) is 2. The van der Waals surface area contributed by atoms with Crippen LogP contribution in [0.5, 0.6) is 0 Å². The third-order valence-electron chi connectivity index (χ3n) is 6.19. The van der Waals surface area contributed by atoms with Gasteiger partial charge in [-0.15, -0.1) is 0 Å². The Hall–Kier alpha value is -3.11. The zero-order valence-corrected chi connectivity index (χ0v) is 16.5. The van der Waals surface area contributed by atoms with E-state index in [-0.39, 0.29) is 17.5 Å². The van der Waals surface area contributed by atoms with Crippen LogP contribution >= 0.6 is 0 Å². The maximum atomic E-state index is 12.6. The Bertz CT molecular complexity index is 1170. The summed E-state index contributed by atoms with van der Waals surface area (Å²) in [6, 6.07) is 10.7. The van der Waals surface area contributed by atoms with Gasteiger partial charge in [-0.3, -0.25) is 14.4 Å². The van der Waals surface area contributed by atoms with Gasteiger partial charge in [-0.1, -0.05) is 18.9 Å². The molecule has 148 valence electrons. The van der Waals surface area contributed by atoms with Gasteiger partial charge in [0.1, 0.15) is 5.39 Å². The number of nitrogens with zero attached hydrogens (tertiary/aromatic N) is 4. The lowest BCUT2D eigenvalue weighted by molar-refractivity contribution is 0.277. The number of rotatable bonds is 3. The average Bonchev–Trinajstić information content (AvgIpc) is 3.28. The summed E-state index contributed by atoms with van der Waals surface area (Å²) < 4.78 is 1.90. The summed E-state index contributed by atoms with van der Waals surface area (Å²) in [7, 11) is 2.11. The van der Waals surface area contributed by atoms with Gasteiger partial charge >= 0.3 is 0 Å². The molecule has 3 heterocycles. The largest absolute Gasteiger partial charge is 0.338 e. The molecule has 29 heavy (non-hydrogen) atoms. The number of nitrogens with one attached hydrogen (secondary N) is 2. The van der Waals surface area contributed by atoms with Crippen molar-refractivity contribution in [1.82, 2.24) is 19.7 Å². The molecule has 2 atom stereocenters. The van der Waals surface area contributed by atoms with Crippen LogP contribution in [-0.4, -0.2) is 26.7 Å². The first kappa shape index (κ1) is 18.0. The van der Waals surface area contributed by atoms with Crippen LogP contribution in [0.1, 0.15) is 42.9 Å². The molecule has 5 rings (SSSR count). The first-order valence-electron chi connectivity index (χ1n) is 10.2. The first-order valence-corrected chi connectivity index (χ1v) is 10.2. The van der Waals surface area contributed by atoms with Crippen molar-refractivity contribution in [1.29, 1.82) is 5.26 Å². The predicted molar refractivity (Wildman–Crippen MR) is 112 cm³/mol. The Labute approximate surface area is 168 Å². The van der Waals surface area contributed by atoms with E-state index in [4.69, 9.17) is 5.10 Å². The van der Waals surface area contributed by atoms with E-state index < -0.39 is 0 Å². The molecular weight excluding hydrogens is 364 g/mol. The molecule has 1 aromatic carbocycles. The highest BCUT2D eigenvalue weighted by Gasteiger charge is 2.30. The number of anilines is 2. The number of hydrogen-bond acceptors (Lipinski definition) is 5. The molecule has 7 heteroatoms. The Kier molecular flexibility index (Phi) is 4.36. The predicted octanol–water partition coefficient (Wildman–Crippen LogP) is 3.67. The van der Waals surface area contributed by atoms with E-state index in [1.807, 2.05) is 16.8 Å². The molecule has 0 bridgehead atoms. The summed E-state index contributed by atoms with van der Waals surface area (Å²) >= 11 is 0. The number of fused-ring (bicyclic) bond motifs is 2. The smallest absolute Gasteiger partial charge is 0.261 e. The third kappa shape index (κ3) is 3.10. The lowest BCUT2D eigenvalue weighted by Gasteiger charge is -2.27. The fraction of sp³-hybridized carbons (Fsp3) is 0.409. The highest BCUT2D eigenvalue weighted by atomic mass is 16.1. The fourth-order valence-electron chi connectivity index (χ4n) is 4.77. The molecule has 7 nitrogen and oxygen atoms in total. The topological polar surface area (TPSA) is 89.7 Å². The van der Waals surface area contributed by atoms with E-state index in [1.165, 1.54) is 11.1 Å². The third-order valence-corrected chi connectivity index (χ3v) is 6.19. The van der Waals surface area contributed by atoms with Gasteiger partial charge in [0.25, 0.3) is 5.56 Å². The van der Waals surface area contributed by atoms with Crippen molar-refractivity contribution >= 4 is 22.4 Å². The number of pyridine rings is 1. The molecule has 0 radical (unpaired) electrons. The van der Waals surface area contributed by atoms with E-state index in [9.17, 15) is 10.1 Å². The van der Waals surface area contributed by atoms with Crippen LogP contribution in [-0.2, 0) is 13.1 Å². The molecule has 1 saturated carbocycles. The molecule has 3 aromatic rings. The molecule has 2 aromatic heterocycles. The van der Waals surface area contributed by atoms with Gasteiger partial charge in [0, 0.05) is 25.0 Å². The molecule has 1 aliphatic carbocycles. The highest BCUT2D eigenvalue weighted by Crippen LogP contribution is 2.36. The number of benzene rings is 1. The van der Waals surface area contributed by atoms with Gasteiger partial charge in [0.15, 0.2) is 5.82 Å². The molecule has 1 aliphatic heterocycles. The van der Waals surface area contributed by atoms with Crippen LogP contribution < -0.4 is 10.9 Å². The van der Waals surface area contributed by atoms with E-state index >= 15 is 0 Å². The van der Waals surface area contributed by atoms with Gasteiger partial charge in [0.2, 0.25) is 0 Å². The zero-order valence-electron chi connectivity index (χ0n) is 16.5. The SMILES string of the molecule is CN1Cc2ccc(Nc3nn(C4CCCCC4C#N)c4cc[nH]c(=O)c34)cc2C1. The van der Waals surface area contributed by atoms with Crippen molar-refractivity contribution in [3.63, 3.8) is 0 Å². The summed E-state index contributed by atoms with van der Waals surface area (Å²) in [5, 5.41) is 18.3. The summed E-state index contributed by atoms with van der Waals surface area (Å²) in [6.07, 6.45) is 5.60.